The molecule has 0 saturated carbocycles. The molecule has 0 amide bonds. The zero-order valence-electron chi connectivity index (χ0n) is 9.84. The lowest BCUT2D eigenvalue weighted by Crippen LogP contribution is -2.50. The van der Waals surface area contributed by atoms with Crippen LogP contribution in [0.3, 0.4) is 0 Å². The number of aromatic nitrogens is 1. The maximum absolute atomic E-state index is 11.9. The number of sulfonamides is 1. The first-order chi connectivity index (χ1) is 7.74. The summed E-state index contributed by atoms with van der Waals surface area (Å²) in [7, 11) is -2.01. The lowest BCUT2D eigenvalue weighted by atomic mass is 10.1. The van der Waals surface area contributed by atoms with E-state index in [0.29, 0.717) is 5.01 Å². The Morgan fingerprint density at radius 1 is 1.59 bits per heavy atom. The largest absolute Gasteiger partial charge is 0.369 e. The summed E-state index contributed by atoms with van der Waals surface area (Å²) in [6.07, 6.45) is 1.71. The fourth-order valence-electron chi connectivity index (χ4n) is 1.66. The molecule has 0 spiro atoms. The van der Waals surface area contributed by atoms with Crippen LogP contribution in [0.5, 0.6) is 0 Å². The minimum absolute atomic E-state index is 0.00611. The minimum atomic E-state index is -3.41. The Morgan fingerprint density at radius 3 is 2.71 bits per heavy atom. The second-order valence-corrected chi connectivity index (χ2v) is 7.48. The lowest BCUT2D eigenvalue weighted by molar-refractivity contribution is 0.475. The van der Waals surface area contributed by atoms with E-state index in [-0.39, 0.29) is 11.7 Å². The standard InChI is InChI=1S/C9H14N4O2S2/c1-6-4-11-7(16-6)9(2)5-17(14,15)13(3)8(10)12-9/h4H,5H2,1-3H3,(H2,10,12). The molecule has 17 heavy (non-hydrogen) atoms. The van der Waals surface area contributed by atoms with Crippen molar-refractivity contribution in [2.24, 2.45) is 10.7 Å². The van der Waals surface area contributed by atoms with Crippen molar-refractivity contribution in [1.29, 1.82) is 0 Å². The highest BCUT2D eigenvalue weighted by Crippen LogP contribution is 2.33. The number of hydrogen-bond donors (Lipinski definition) is 1. The van der Waals surface area contributed by atoms with Crippen LogP contribution in [0.1, 0.15) is 16.8 Å². The lowest BCUT2D eigenvalue weighted by Gasteiger charge is -2.32. The maximum atomic E-state index is 11.9. The molecule has 1 aromatic rings. The van der Waals surface area contributed by atoms with Crippen molar-refractivity contribution >= 4 is 27.3 Å². The molecule has 1 aromatic heterocycles. The first kappa shape index (κ1) is 12.3. The van der Waals surface area contributed by atoms with Crippen LogP contribution in [0.4, 0.5) is 0 Å². The van der Waals surface area contributed by atoms with Gasteiger partial charge in [-0.15, -0.1) is 11.3 Å². The third-order valence-corrected chi connectivity index (χ3v) is 5.76. The van der Waals surface area contributed by atoms with E-state index in [0.717, 1.165) is 9.18 Å². The van der Waals surface area contributed by atoms with E-state index in [1.807, 2.05) is 6.92 Å². The maximum Gasteiger partial charge on any atom is 0.239 e. The van der Waals surface area contributed by atoms with Gasteiger partial charge >= 0.3 is 0 Å². The van der Waals surface area contributed by atoms with Crippen LogP contribution in [-0.4, -0.2) is 36.5 Å². The Hall–Kier alpha value is -1.15. The van der Waals surface area contributed by atoms with Gasteiger partial charge < -0.3 is 5.73 Å². The molecule has 0 fully saturated rings. The number of nitrogens with zero attached hydrogens (tertiary/aromatic N) is 3. The molecular weight excluding hydrogens is 260 g/mol. The number of aliphatic imine (C=N–C) groups is 1. The topological polar surface area (TPSA) is 88.7 Å². The van der Waals surface area contributed by atoms with Crippen molar-refractivity contribution in [1.82, 2.24) is 9.29 Å². The second kappa shape index (κ2) is 3.67. The molecule has 94 valence electrons. The summed E-state index contributed by atoms with van der Waals surface area (Å²) in [5.74, 6) is -0.101. The number of hydrogen-bond acceptors (Lipinski definition) is 6. The SMILES string of the molecule is Cc1cnc(C2(C)CS(=O)(=O)N(C)C(N)=N2)s1. The van der Waals surface area contributed by atoms with Crippen LogP contribution in [0.2, 0.25) is 0 Å². The van der Waals surface area contributed by atoms with E-state index in [1.54, 1.807) is 13.1 Å². The number of guanidine groups is 1. The molecule has 0 bridgehead atoms. The van der Waals surface area contributed by atoms with Gasteiger partial charge in [-0.3, -0.25) is 0 Å². The fourth-order valence-corrected chi connectivity index (χ4v) is 4.04. The average molecular weight is 274 g/mol. The van der Waals surface area contributed by atoms with Gasteiger partial charge in [-0.05, 0) is 13.8 Å². The molecule has 0 saturated heterocycles. The van der Waals surface area contributed by atoms with Crippen LogP contribution < -0.4 is 5.73 Å². The van der Waals surface area contributed by atoms with E-state index in [9.17, 15) is 8.42 Å². The van der Waals surface area contributed by atoms with E-state index >= 15 is 0 Å². The Bertz CT molecular complexity index is 578. The third kappa shape index (κ3) is 2.02. The average Bonchev–Trinajstić information content (AvgIpc) is 2.61. The van der Waals surface area contributed by atoms with Crippen LogP contribution in [-0.2, 0) is 15.6 Å². The normalized spacial score (nSPS) is 27.9. The summed E-state index contributed by atoms with van der Waals surface area (Å²) < 4.78 is 24.9. The highest BCUT2D eigenvalue weighted by Gasteiger charge is 2.41. The Balaban J connectivity index is 2.53. The van der Waals surface area contributed by atoms with Crippen molar-refractivity contribution in [3.63, 3.8) is 0 Å². The summed E-state index contributed by atoms with van der Waals surface area (Å²) >= 11 is 1.44. The molecule has 8 heteroatoms. The van der Waals surface area contributed by atoms with Gasteiger partial charge in [0.1, 0.15) is 16.3 Å². The zero-order chi connectivity index (χ0) is 12.8. The number of thiazole rings is 1. The van der Waals surface area contributed by atoms with Crippen LogP contribution in [0.15, 0.2) is 11.2 Å². The molecule has 2 N–H and O–H groups in total. The van der Waals surface area contributed by atoms with E-state index in [4.69, 9.17) is 5.73 Å². The summed E-state index contributed by atoms with van der Waals surface area (Å²) in [5, 5.41) is 0.676. The van der Waals surface area contributed by atoms with Gasteiger partial charge in [0.25, 0.3) is 0 Å². The molecular formula is C9H14N4O2S2. The summed E-state index contributed by atoms with van der Waals surface area (Å²) in [6.45, 7) is 3.66. The van der Waals surface area contributed by atoms with Gasteiger partial charge in [0.05, 0.1) is 0 Å². The quantitative estimate of drug-likeness (QED) is 0.795. The van der Waals surface area contributed by atoms with Crippen molar-refractivity contribution in [3.05, 3.63) is 16.1 Å². The first-order valence-electron chi connectivity index (χ1n) is 4.99. The van der Waals surface area contributed by atoms with E-state index in [1.165, 1.54) is 18.4 Å². The Labute approximate surface area is 104 Å². The summed E-state index contributed by atoms with van der Waals surface area (Å²) in [4.78, 5) is 9.49. The highest BCUT2D eigenvalue weighted by atomic mass is 32.2. The van der Waals surface area contributed by atoms with Gasteiger partial charge in [-0.2, -0.15) is 0 Å². The molecule has 1 aliphatic heterocycles. The molecule has 1 aliphatic rings. The van der Waals surface area contributed by atoms with Gasteiger partial charge in [0.2, 0.25) is 16.0 Å². The Morgan fingerprint density at radius 2 is 2.24 bits per heavy atom. The molecule has 0 aromatic carbocycles. The minimum Gasteiger partial charge on any atom is -0.369 e. The number of nitrogens with two attached hydrogens (primary N) is 1. The van der Waals surface area contributed by atoms with Gasteiger partial charge in [0.15, 0.2) is 0 Å². The molecule has 0 radical (unpaired) electrons. The molecule has 1 atom stereocenters. The van der Waals surface area contributed by atoms with Crippen molar-refractivity contribution in [3.8, 4) is 0 Å². The summed E-state index contributed by atoms with van der Waals surface area (Å²) in [6, 6.07) is 0. The van der Waals surface area contributed by atoms with Crippen molar-refractivity contribution in [2.75, 3.05) is 12.8 Å². The van der Waals surface area contributed by atoms with Gasteiger partial charge in [-0.25, -0.2) is 22.7 Å². The highest BCUT2D eigenvalue weighted by molar-refractivity contribution is 7.89. The van der Waals surface area contributed by atoms with Crippen molar-refractivity contribution in [2.45, 2.75) is 19.4 Å². The zero-order valence-corrected chi connectivity index (χ0v) is 11.5. The molecule has 1 unspecified atom stereocenters. The third-order valence-electron chi connectivity index (χ3n) is 2.65. The molecule has 2 heterocycles. The van der Waals surface area contributed by atoms with E-state index < -0.39 is 15.6 Å². The van der Waals surface area contributed by atoms with Crippen LogP contribution in [0.25, 0.3) is 0 Å². The van der Waals surface area contributed by atoms with Gasteiger partial charge in [0, 0.05) is 18.1 Å². The summed E-state index contributed by atoms with van der Waals surface area (Å²) in [5.41, 5.74) is 4.77. The number of rotatable bonds is 1. The first-order valence-corrected chi connectivity index (χ1v) is 7.42. The molecule has 6 nitrogen and oxygen atoms in total. The number of aryl methyl sites for hydroxylation is 1. The molecule has 2 rings (SSSR count). The molecule has 0 aliphatic carbocycles. The fraction of sp³-hybridized carbons (Fsp3) is 0.556. The van der Waals surface area contributed by atoms with Crippen molar-refractivity contribution < 1.29 is 8.42 Å². The monoisotopic (exact) mass is 274 g/mol. The predicted molar refractivity (Wildman–Crippen MR) is 67.4 cm³/mol. The van der Waals surface area contributed by atoms with Gasteiger partial charge in [-0.1, -0.05) is 0 Å². The second-order valence-electron chi connectivity index (χ2n) is 4.24. The van der Waals surface area contributed by atoms with Crippen LogP contribution >= 0.6 is 11.3 Å². The predicted octanol–water partition coefficient (Wildman–Crippen LogP) is 0.257. The smallest absolute Gasteiger partial charge is 0.239 e. The van der Waals surface area contributed by atoms with Crippen LogP contribution in [0, 0.1) is 6.92 Å². The van der Waals surface area contributed by atoms with E-state index in [2.05, 4.69) is 9.98 Å². The Kier molecular flexibility index (Phi) is 2.66.